The predicted molar refractivity (Wildman–Crippen MR) is 128 cm³/mol. The van der Waals surface area contributed by atoms with Crippen LogP contribution >= 0.6 is 12.2 Å². The van der Waals surface area contributed by atoms with Gasteiger partial charge in [-0.05, 0) is 61.8 Å². The minimum absolute atomic E-state index is 0.0448. The number of ether oxygens (including phenoxy) is 2. The average molecular weight is 518 g/mol. The van der Waals surface area contributed by atoms with E-state index in [0.717, 1.165) is 30.1 Å². The maximum Gasteiger partial charge on any atom is 0.419 e. The molecule has 1 atom stereocenters. The van der Waals surface area contributed by atoms with E-state index < -0.39 is 28.9 Å². The molecule has 3 fully saturated rings. The average Bonchev–Trinajstić information content (AvgIpc) is 3.09. The van der Waals surface area contributed by atoms with Gasteiger partial charge >= 0.3 is 6.18 Å². The van der Waals surface area contributed by atoms with Gasteiger partial charge in [-0.15, -0.1) is 0 Å². The van der Waals surface area contributed by atoms with Crippen molar-refractivity contribution in [3.8, 4) is 11.8 Å². The van der Waals surface area contributed by atoms with Gasteiger partial charge in [-0.25, -0.2) is 4.98 Å². The number of nitrogens with zero attached hydrogens (tertiary/aromatic N) is 4. The summed E-state index contributed by atoms with van der Waals surface area (Å²) in [5.41, 5.74) is -2.42. The number of nitrogens with one attached hydrogen (secondary N) is 1. The molecule has 2 aliphatic heterocycles. The molecule has 12 heteroatoms. The Morgan fingerprint density at radius 1 is 1.28 bits per heavy atom. The van der Waals surface area contributed by atoms with Crippen LogP contribution in [0.1, 0.15) is 30.5 Å². The summed E-state index contributed by atoms with van der Waals surface area (Å²) in [6.07, 6.45) is -1.95. The lowest BCUT2D eigenvalue weighted by atomic mass is 9.75. The molecule has 3 aliphatic rings. The fourth-order valence-electron chi connectivity index (χ4n) is 4.70. The van der Waals surface area contributed by atoms with Crippen molar-refractivity contribution in [3.05, 3.63) is 47.8 Å². The van der Waals surface area contributed by atoms with Crippen LogP contribution in [-0.4, -0.2) is 53.9 Å². The standard InChI is InChI=1S/C24H22F3N5O3S/c25-24(26,27)19-10-16(12-30-20(19)11-28)31-21(33)23(6-1-7-23)32(22(31)36)15-2-4-17(5-3-15)35-14-18-13-29-8-9-34-18/h2-5,10,12,18,29H,1,6-9,13-14H2. The van der Waals surface area contributed by atoms with Crippen LogP contribution in [0.25, 0.3) is 0 Å². The highest BCUT2D eigenvalue weighted by Crippen LogP contribution is 2.48. The van der Waals surface area contributed by atoms with E-state index in [4.69, 9.17) is 27.0 Å². The molecule has 1 aromatic carbocycles. The molecule has 1 N–H and O–H groups in total. The number of aromatic nitrogens is 1. The van der Waals surface area contributed by atoms with Gasteiger partial charge in [0.1, 0.15) is 30.1 Å². The number of nitriles is 1. The summed E-state index contributed by atoms with van der Waals surface area (Å²) < 4.78 is 52.0. The van der Waals surface area contributed by atoms with Crippen molar-refractivity contribution in [2.24, 2.45) is 0 Å². The van der Waals surface area contributed by atoms with Crippen molar-refractivity contribution < 1.29 is 27.4 Å². The van der Waals surface area contributed by atoms with E-state index in [9.17, 15) is 18.0 Å². The number of pyridine rings is 1. The van der Waals surface area contributed by atoms with E-state index in [1.807, 2.05) is 0 Å². The molecule has 1 spiro atoms. The second kappa shape index (κ2) is 9.31. The van der Waals surface area contributed by atoms with E-state index in [1.165, 1.54) is 6.07 Å². The van der Waals surface area contributed by atoms with Crippen LogP contribution in [0.4, 0.5) is 24.5 Å². The summed E-state index contributed by atoms with van der Waals surface area (Å²) in [6, 6.07) is 9.28. The second-order valence-electron chi connectivity index (χ2n) is 8.84. The van der Waals surface area contributed by atoms with Crippen molar-refractivity contribution in [1.82, 2.24) is 10.3 Å². The van der Waals surface area contributed by atoms with E-state index in [1.54, 1.807) is 29.2 Å². The van der Waals surface area contributed by atoms with Gasteiger partial charge in [-0.1, -0.05) is 0 Å². The first kappa shape index (κ1) is 24.4. The van der Waals surface area contributed by atoms with Gasteiger partial charge in [0, 0.05) is 18.8 Å². The maximum atomic E-state index is 13.5. The zero-order valence-electron chi connectivity index (χ0n) is 19.0. The van der Waals surface area contributed by atoms with Crippen LogP contribution in [0.5, 0.6) is 5.75 Å². The summed E-state index contributed by atoms with van der Waals surface area (Å²) in [7, 11) is 0. The maximum absolute atomic E-state index is 13.5. The third kappa shape index (κ3) is 4.17. The Hall–Kier alpha value is -3.27. The van der Waals surface area contributed by atoms with E-state index >= 15 is 0 Å². The number of thiocarbonyl (C=S) groups is 1. The molecule has 1 saturated carbocycles. The zero-order valence-corrected chi connectivity index (χ0v) is 19.9. The lowest BCUT2D eigenvalue weighted by Crippen LogP contribution is -2.55. The van der Waals surface area contributed by atoms with Crippen LogP contribution in [0.15, 0.2) is 36.5 Å². The summed E-state index contributed by atoms with van der Waals surface area (Å²) in [6.45, 7) is 2.54. The van der Waals surface area contributed by atoms with Crippen molar-refractivity contribution in [2.75, 3.05) is 36.1 Å². The molecule has 1 aliphatic carbocycles. The first-order valence-electron chi connectivity index (χ1n) is 11.5. The summed E-state index contributed by atoms with van der Waals surface area (Å²) in [5, 5.41) is 12.4. The highest BCUT2D eigenvalue weighted by atomic mass is 32.1. The molecule has 36 heavy (non-hydrogen) atoms. The van der Waals surface area contributed by atoms with Crippen LogP contribution in [0.3, 0.4) is 0 Å². The van der Waals surface area contributed by atoms with Gasteiger partial charge in [0.05, 0.1) is 24.1 Å². The second-order valence-corrected chi connectivity index (χ2v) is 9.21. The molecule has 5 rings (SSSR count). The van der Waals surface area contributed by atoms with Crippen LogP contribution < -0.4 is 19.9 Å². The van der Waals surface area contributed by atoms with Gasteiger partial charge < -0.3 is 19.7 Å². The zero-order chi connectivity index (χ0) is 25.5. The lowest BCUT2D eigenvalue weighted by Gasteiger charge is -2.43. The normalized spacial score (nSPS) is 21.4. The molecular weight excluding hydrogens is 495 g/mol. The quantitative estimate of drug-likeness (QED) is 0.604. The third-order valence-electron chi connectivity index (χ3n) is 6.67. The van der Waals surface area contributed by atoms with Gasteiger partial charge in [-0.2, -0.15) is 18.4 Å². The molecule has 1 amide bonds. The van der Waals surface area contributed by atoms with Crippen molar-refractivity contribution in [3.63, 3.8) is 0 Å². The predicted octanol–water partition coefficient (Wildman–Crippen LogP) is 3.40. The molecule has 1 aromatic heterocycles. The highest BCUT2D eigenvalue weighted by molar-refractivity contribution is 7.81. The van der Waals surface area contributed by atoms with E-state index in [-0.39, 0.29) is 16.9 Å². The summed E-state index contributed by atoms with van der Waals surface area (Å²) >= 11 is 5.62. The van der Waals surface area contributed by atoms with Crippen molar-refractivity contribution >= 4 is 34.6 Å². The lowest BCUT2D eigenvalue weighted by molar-refractivity contribution is -0.138. The van der Waals surface area contributed by atoms with Gasteiger partial charge in [0.2, 0.25) is 0 Å². The minimum Gasteiger partial charge on any atom is -0.491 e. The SMILES string of the molecule is N#Cc1ncc(N2C(=O)C3(CCC3)N(c3ccc(OCC4CNCCO4)cc3)C2=S)cc1C(F)(F)F. The van der Waals surface area contributed by atoms with E-state index in [0.29, 0.717) is 44.0 Å². The number of halogens is 3. The molecule has 188 valence electrons. The molecule has 2 saturated heterocycles. The summed E-state index contributed by atoms with van der Waals surface area (Å²) in [4.78, 5) is 20.0. The monoisotopic (exact) mass is 517 g/mol. The summed E-state index contributed by atoms with van der Waals surface area (Å²) in [5.74, 6) is 0.218. The van der Waals surface area contributed by atoms with Crippen molar-refractivity contribution in [1.29, 1.82) is 5.26 Å². The number of benzene rings is 1. The number of morpholine rings is 1. The Balaban J connectivity index is 1.41. The Bertz CT molecular complexity index is 1220. The largest absolute Gasteiger partial charge is 0.491 e. The number of carbonyl (C=O) groups excluding carboxylic acids is 1. The molecule has 0 radical (unpaired) electrons. The minimum atomic E-state index is -4.80. The number of alkyl halides is 3. The Kier molecular flexibility index (Phi) is 6.32. The molecule has 1 unspecified atom stereocenters. The molecular formula is C24H22F3N5O3S. The molecule has 8 nitrogen and oxygen atoms in total. The number of hydrogen-bond acceptors (Lipinski definition) is 7. The molecule has 3 heterocycles. The van der Waals surface area contributed by atoms with Gasteiger partial charge in [-0.3, -0.25) is 9.69 Å². The van der Waals surface area contributed by atoms with Crippen LogP contribution in [-0.2, 0) is 15.7 Å². The highest BCUT2D eigenvalue weighted by Gasteiger charge is 2.59. The number of hydrogen-bond donors (Lipinski definition) is 1. The number of rotatable bonds is 5. The topological polar surface area (TPSA) is 90.7 Å². The fourth-order valence-corrected chi connectivity index (χ4v) is 5.17. The first-order valence-corrected chi connectivity index (χ1v) is 11.9. The Morgan fingerprint density at radius 2 is 2.03 bits per heavy atom. The van der Waals surface area contributed by atoms with Crippen LogP contribution in [0, 0.1) is 11.3 Å². The Morgan fingerprint density at radius 3 is 2.61 bits per heavy atom. The number of amides is 1. The third-order valence-corrected chi connectivity index (χ3v) is 7.04. The number of anilines is 2. The van der Waals surface area contributed by atoms with Crippen LogP contribution in [0.2, 0.25) is 0 Å². The molecule has 2 aromatic rings. The van der Waals surface area contributed by atoms with E-state index in [2.05, 4.69) is 10.3 Å². The molecule has 0 bridgehead atoms. The number of carbonyl (C=O) groups is 1. The fraction of sp³-hybridized carbons (Fsp3) is 0.417. The van der Waals surface area contributed by atoms with Crippen molar-refractivity contribution in [2.45, 2.75) is 37.1 Å². The Labute approximate surface area is 210 Å². The smallest absolute Gasteiger partial charge is 0.419 e. The van der Waals surface area contributed by atoms with Gasteiger partial charge in [0.25, 0.3) is 5.91 Å². The van der Waals surface area contributed by atoms with Gasteiger partial charge in [0.15, 0.2) is 10.8 Å². The first-order chi connectivity index (χ1) is 17.2.